The number of hydrogen-bond donors (Lipinski definition) is 1. The summed E-state index contributed by atoms with van der Waals surface area (Å²) in [6, 6.07) is 6.75. The van der Waals surface area contributed by atoms with Gasteiger partial charge in [-0.2, -0.15) is 0 Å². The van der Waals surface area contributed by atoms with Crippen molar-refractivity contribution in [2.45, 2.75) is 6.92 Å². The van der Waals surface area contributed by atoms with Gasteiger partial charge in [-0.25, -0.2) is 9.97 Å². The first-order valence-corrected chi connectivity index (χ1v) is 4.21. The first-order valence-electron chi connectivity index (χ1n) is 4.21. The minimum absolute atomic E-state index is 0.137. The van der Waals surface area contributed by atoms with Gasteiger partial charge in [0.25, 0.3) is 0 Å². The summed E-state index contributed by atoms with van der Waals surface area (Å²) in [5.41, 5.74) is 6.43. The highest BCUT2D eigenvalue weighted by atomic mass is 16.1. The zero-order valence-electron chi connectivity index (χ0n) is 7.69. The lowest BCUT2D eigenvalue weighted by atomic mass is 10.2. The van der Waals surface area contributed by atoms with Crippen molar-refractivity contribution in [3.8, 4) is 0 Å². The van der Waals surface area contributed by atoms with Crippen LogP contribution in [0.1, 0.15) is 5.69 Å². The van der Waals surface area contributed by atoms with Crippen LogP contribution in [0.25, 0.3) is 10.9 Å². The van der Waals surface area contributed by atoms with Gasteiger partial charge in [0.2, 0.25) is 11.4 Å². The molecule has 4 nitrogen and oxygen atoms in total. The maximum absolute atomic E-state index is 11.5. The summed E-state index contributed by atoms with van der Waals surface area (Å²) >= 11 is 0. The SMILES string of the molecule is Cc1nc(N)nc2c(=O)ccccc12. The number of aryl methyl sites for hydroxylation is 1. The molecule has 0 saturated heterocycles. The lowest BCUT2D eigenvalue weighted by molar-refractivity contribution is 1.17. The third-order valence-corrected chi connectivity index (χ3v) is 2.01. The first kappa shape index (κ1) is 8.62. The molecule has 0 bridgehead atoms. The molecule has 2 rings (SSSR count). The molecule has 0 aliphatic carbocycles. The van der Waals surface area contributed by atoms with Crippen LogP contribution >= 0.6 is 0 Å². The van der Waals surface area contributed by atoms with Crippen molar-refractivity contribution in [3.63, 3.8) is 0 Å². The summed E-state index contributed by atoms with van der Waals surface area (Å²) < 4.78 is 0. The molecule has 1 aromatic carbocycles. The van der Waals surface area contributed by atoms with Gasteiger partial charge in [0.1, 0.15) is 5.52 Å². The average Bonchev–Trinajstić information content (AvgIpc) is 2.29. The van der Waals surface area contributed by atoms with Gasteiger partial charge in [-0.1, -0.05) is 18.2 Å². The van der Waals surface area contributed by atoms with Gasteiger partial charge in [0.05, 0.1) is 5.69 Å². The van der Waals surface area contributed by atoms with Crippen molar-refractivity contribution in [2.75, 3.05) is 5.73 Å². The van der Waals surface area contributed by atoms with E-state index in [-0.39, 0.29) is 11.4 Å². The highest BCUT2D eigenvalue weighted by Crippen LogP contribution is 2.10. The van der Waals surface area contributed by atoms with Crippen molar-refractivity contribution < 1.29 is 0 Å². The third-order valence-electron chi connectivity index (χ3n) is 2.01. The van der Waals surface area contributed by atoms with Crippen LogP contribution in [0.5, 0.6) is 0 Å². The molecule has 0 atom stereocenters. The maximum Gasteiger partial charge on any atom is 0.220 e. The van der Waals surface area contributed by atoms with E-state index in [1.165, 1.54) is 6.07 Å². The number of aromatic nitrogens is 2. The molecule has 0 radical (unpaired) electrons. The second-order valence-corrected chi connectivity index (χ2v) is 3.01. The van der Waals surface area contributed by atoms with E-state index in [2.05, 4.69) is 9.97 Å². The van der Waals surface area contributed by atoms with Crippen molar-refractivity contribution in [2.24, 2.45) is 0 Å². The van der Waals surface area contributed by atoms with E-state index >= 15 is 0 Å². The van der Waals surface area contributed by atoms with Gasteiger partial charge in [-0.3, -0.25) is 4.79 Å². The van der Waals surface area contributed by atoms with Gasteiger partial charge < -0.3 is 5.73 Å². The zero-order chi connectivity index (χ0) is 10.1. The Kier molecular flexibility index (Phi) is 1.89. The third kappa shape index (κ3) is 1.31. The summed E-state index contributed by atoms with van der Waals surface area (Å²) in [5.74, 6) is 0.137. The largest absolute Gasteiger partial charge is 0.368 e. The molecule has 1 aromatic heterocycles. The van der Waals surface area contributed by atoms with E-state index in [1.54, 1.807) is 19.1 Å². The van der Waals surface area contributed by atoms with E-state index in [9.17, 15) is 4.79 Å². The number of fused-ring (bicyclic) bond motifs is 1. The van der Waals surface area contributed by atoms with Crippen molar-refractivity contribution in [1.29, 1.82) is 0 Å². The van der Waals surface area contributed by atoms with Crippen LogP contribution in [-0.4, -0.2) is 9.97 Å². The van der Waals surface area contributed by atoms with Crippen LogP contribution in [-0.2, 0) is 0 Å². The molecule has 2 aromatic rings. The molecule has 2 N–H and O–H groups in total. The van der Waals surface area contributed by atoms with Gasteiger partial charge in [-0.15, -0.1) is 0 Å². The first-order chi connectivity index (χ1) is 6.68. The highest BCUT2D eigenvalue weighted by molar-refractivity contribution is 5.80. The smallest absolute Gasteiger partial charge is 0.220 e. The lowest BCUT2D eigenvalue weighted by Crippen LogP contribution is -2.04. The molecule has 70 valence electrons. The van der Waals surface area contributed by atoms with Crippen LogP contribution in [0, 0.1) is 6.92 Å². The van der Waals surface area contributed by atoms with Crippen molar-refractivity contribution in [3.05, 3.63) is 40.2 Å². The number of nitrogens with zero attached hydrogens (tertiary/aromatic N) is 2. The summed E-state index contributed by atoms with van der Waals surface area (Å²) in [4.78, 5) is 19.5. The number of anilines is 1. The van der Waals surface area contributed by atoms with Crippen LogP contribution in [0.15, 0.2) is 29.1 Å². The van der Waals surface area contributed by atoms with Crippen LogP contribution < -0.4 is 11.2 Å². The highest BCUT2D eigenvalue weighted by Gasteiger charge is 2.02. The minimum atomic E-state index is -0.137. The standard InChI is InChI=1S/C10H9N3O/c1-6-7-4-2-3-5-8(14)9(7)13-10(11)12-6/h2-5H,1H3,(H2,11,12,13). The minimum Gasteiger partial charge on any atom is -0.368 e. The molecule has 14 heavy (non-hydrogen) atoms. The molecule has 0 spiro atoms. The predicted octanol–water partition coefficient (Wildman–Crippen LogP) is 0.881. The zero-order valence-corrected chi connectivity index (χ0v) is 7.69. The second kappa shape index (κ2) is 3.06. The topological polar surface area (TPSA) is 68.9 Å². The number of rotatable bonds is 0. The van der Waals surface area contributed by atoms with E-state index < -0.39 is 0 Å². The number of nitrogen functional groups attached to an aromatic ring is 1. The fourth-order valence-corrected chi connectivity index (χ4v) is 1.36. The quantitative estimate of drug-likeness (QED) is 0.664. The maximum atomic E-state index is 11.5. The molecular formula is C10H9N3O. The Hall–Kier alpha value is -1.97. The van der Waals surface area contributed by atoms with Gasteiger partial charge in [-0.05, 0) is 13.0 Å². The molecule has 4 heteroatoms. The van der Waals surface area contributed by atoms with Crippen LogP contribution in [0.2, 0.25) is 0 Å². The second-order valence-electron chi connectivity index (χ2n) is 3.01. The fraction of sp³-hybridized carbons (Fsp3) is 0.100. The Morgan fingerprint density at radius 3 is 2.71 bits per heavy atom. The molecule has 0 aliphatic rings. The van der Waals surface area contributed by atoms with E-state index in [1.807, 2.05) is 6.07 Å². The Labute approximate surface area is 80.4 Å². The van der Waals surface area contributed by atoms with E-state index in [0.29, 0.717) is 5.52 Å². The number of hydrogen-bond acceptors (Lipinski definition) is 4. The monoisotopic (exact) mass is 187 g/mol. The summed E-state index contributed by atoms with van der Waals surface area (Å²) in [5, 5.41) is 0.745. The normalized spacial score (nSPS) is 10.4. The molecular weight excluding hydrogens is 178 g/mol. The van der Waals surface area contributed by atoms with E-state index in [0.717, 1.165) is 11.1 Å². The average molecular weight is 187 g/mol. The summed E-state index contributed by atoms with van der Waals surface area (Å²) in [6.45, 7) is 1.81. The fourth-order valence-electron chi connectivity index (χ4n) is 1.36. The molecule has 1 heterocycles. The van der Waals surface area contributed by atoms with Gasteiger partial charge in [0, 0.05) is 5.39 Å². The van der Waals surface area contributed by atoms with Crippen molar-refractivity contribution >= 4 is 16.9 Å². The predicted molar refractivity (Wildman–Crippen MR) is 55.0 cm³/mol. The van der Waals surface area contributed by atoms with E-state index in [4.69, 9.17) is 5.73 Å². The van der Waals surface area contributed by atoms with Crippen molar-refractivity contribution in [1.82, 2.24) is 9.97 Å². The summed E-state index contributed by atoms with van der Waals surface area (Å²) in [6.07, 6.45) is 0. The molecule has 0 unspecified atom stereocenters. The summed E-state index contributed by atoms with van der Waals surface area (Å²) in [7, 11) is 0. The molecule has 0 aliphatic heterocycles. The Balaban J connectivity index is 3.07. The molecule has 0 fully saturated rings. The number of nitrogens with two attached hydrogens (primary N) is 1. The van der Waals surface area contributed by atoms with Crippen LogP contribution in [0.3, 0.4) is 0 Å². The van der Waals surface area contributed by atoms with Gasteiger partial charge >= 0.3 is 0 Å². The van der Waals surface area contributed by atoms with Gasteiger partial charge in [0.15, 0.2) is 0 Å². The lowest BCUT2D eigenvalue weighted by Gasteiger charge is -1.97. The Morgan fingerprint density at radius 2 is 1.93 bits per heavy atom. The Bertz CT molecular complexity index is 551. The Morgan fingerprint density at radius 1 is 1.21 bits per heavy atom. The molecule has 0 amide bonds. The van der Waals surface area contributed by atoms with Crippen LogP contribution in [0.4, 0.5) is 5.95 Å². The molecule has 0 saturated carbocycles.